The number of hydrogen-bond acceptors (Lipinski definition) is 6. The number of hydrogen-bond donors (Lipinski definition) is 1. The molecule has 0 aliphatic rings. The summed E-state index contributed by atoms with van der Waals surface area (Å²) in [6.45, 7) is 3.62. The van der Waals surface area contributed by atoms with Crippen molar-refractivity contribution < 1.29 is 23.1 Å². The molecule has 0 bridgehead atoms. The number of nitrogens with one attached hydrogen (secondary N) is 1. The molecule has 25 heavy (non-hydrogen) atoms. The second-order valence-electron chi connectivity index (χ2n) is 4.93. The van der Waals surface area contributed by atoms with Gasteiger partial charge in [0.05, 0.1) is 24.0 Å². The average Bonchev–Trinajstić information content (AvgIpc) is 2.97. The third kappa shape index (κ3) is 5.50. The fourth-order valence-corrected chi connectivity index (χ4v) is 3.81. The van der Waals surface area contributed by atoms with Crippen LogP contribution < -0.4 is 5.32 Å². The summed E-state index contributed by atoms with van der Waals surface area (Å²) >= 11 is 2.43. The van der Waals surface area contributed by atoms with Crippen LogP contribution in [0, 0.1) is 11.6 Å². The second-order valence-corrected chi connectivity index (χ2v) is 7.38. The molecule has 1 amide bonds. The van der Waals surface area contributed by atoms with E-state index in [1.54, 1.807) is 19.2 Å². The molecule has 1 aromatic carbocycles. The van der Waals surface area contributed by atoms with E-state index < -0.39 is 28.5 Å². The molecule has 0 radical (unpaired) electrons. The van der Waals surface area contributed by atoms with Crippen LogP contribution in [0.15, 0.2) is 27.9 Å². The molecule has 0 fully saturated rings. The quantitative estimate of drug-likeness (QED) is 0.581. The first kappa shape index (κ1) is 19.3. The van der Waals surface area contributed by atoms with Crippen LogP contribution in [0.3, 0.4) is 0 Å². The molecule has 0 aliphatic carbocycles. The molecule has 0 spiro atoms. The monoisotopic (exact) mass is 386 g/mol. The number of aromatic nitrogens is 1. The molecule has 0 saturated carbocycles. The first-order chi connectivity index (χ1) is 11.9. The Kier molecular flexibility index (Phi) is 6.89. The van der Waals surface area contributed by atoms with Crippen molar-refractivity contribution in [1.82, 2.24) is 4.98 Å². The van der Waals surface area contributed by atoms with Crippen LogP contribution >= 0.6 is 23.1 Å². The fraction of sp³-hybridized carbons (Fsp3) is 0.312. The first-order valence-electron chi connectivity index (χ1n) is 7.42. The molecule has 1 atom stereocenters. The number of benzene rings is 1. The van der Waals surface area contributed by atoms with Crippen LogP contribution in [0.2, 0.25) is 0 Å². The number of thiazole rings is 1. The van der Waals surface area contributed by atoms with Crippen molar-refractivity contribution in [2.24, 2.45) is 0 Å². The summed E-state index contributed by atoms with van der Waals surface area (Å²) in [5, 5.41) is 3.33. The normalized spacial score (nSPS) is 11.8. The number of carbonyl (C=O) groups excluding carboxylic acids is 2. The van der Waals surface area contributed by atoms with E-state index in [9.17, 15) is 18.4 Å². The lowest BCUT2D eigenvalue weighted by Gasteiger charge is -2.11. The number of thioether (sulfide) groups is 1. The van der Waals surface area contributed by atoms with Crippen molar-refractivity contribution in [2.45, 2.75) is 29.9 Å². The van der Waals surface area contributed by atoms with E-state index in [4.69, 9.17) is 4.74 Å². The smallest absolute Gasteiger partial charge is 0.311 e. The highest BCUT2D eigenvalue weighted by molar-refractivity contribution is 8.02. The minimum absolute atomic E-state index is 0.0614. The SMILES string of the molecule is CCOC(=O)Cc1csc(S[C@@H](C)C(=O)Nc2c(F)cccc2F)n1. The maximum atomic E-state index is 13.6. The molecule has 1 N–H and O–H groups in total. The molecular formula is C16H16F2N2O3S2. The summed E-state index contributed by atoms with van der Waals surface area (Å²) < 4.78 is 32.6. The van der Waals surface area contributed by atoms with Crippen molar-refractivity contribution in [2.75, 3.05) is 11.9 Å². The van der Waals surface area contributed by atoms with Gasteiger partial charge in [0.1, 0.15) is 17.3 Å². The van der Waals surface area contributed by atoms with Gasteiger partial charge in [-0.15, -0.1) is 11.3 Å². The molecule has 134 valence electrons. The molecule has 2 aromatic rings. The van der Waals surface area contributed by atoms with E-state index in [1.807, 2.05) is 0 Å². The number of esters is 1. The highest BCUT2D eigenvalue weighted by Gasteiger charge is 2.20. The van der Waals surface area contributed by atoms with Gasteiger partial charge in [-0.05, 0) is 26.0 Å². The van der Waals surface area contributed by atoms with E-state index in [2.05, 4.69) is 10.3 Å². The van der Waals surface area contributed by atoms with Crippen molar-refractivity contribution in [3.8, 4) is 0 Å². The summed E-state index contributed by atoms with van der Waals surface area (Å²) in [4.78, 5) is 27.8. The Hall–Kier alpha value is -2.00. The van der Waals surface area contributed by atoms with Gasteiger partial charge >= 0.3 is 5.97 Å². The topological polar surface area (TPSA) is 68.3 Å². The van der Waals surface area contributed by atoms with Crippen LogP contribution in [-0.4, -0.2) is 28.7 Å². The lowest BCUT2D eigenvalue weighted by Crippen LogP contribution is -2.23. The number of nitrogens with zero attached hydrogens (tertiary/aromatic N) is 1. The Labute approximate surface area is 151 Å². The van der Waals surface area contributed by atoms with E-state index in [0.717, 1.165) is 23.9 Å². The highest BCUT2D eigenvalue weighted by atomic mass is 32.2. The predicted molar refractivity (Wildman–Crippen MR) is 92.8 cm³/mol. The Morgan fingerprint density at radius 2 is 2.04 bits per heavy atom. The first-order valence-corrected chi connectivity index (χ1v) is 9.18. The van der Waals surface area contributed by atoms with Gasteiger partial charge in [0.25, 0.3) is 0 Å². The van der Waals surface area contributed by atoms with Gasteiger partial charge in [0.15, 0.2) is 4.34 Å². The standard InChI is InChI=1S/C16H16F2N2O3S2/c1-3-23-13(21)7-10-8-24-16(19-10)25-9(2)15(22)20-14-11(17)5-4-6-12(14)18/h4-6,8-9H,3,7H2,1-2H3,(H,20,22)/t9-/m0/s1. The van der Waals surface area contributed by atoms with Gasteiger partial charge in [-0.2, -0.15) is 0 Å². The summed E-state index contributed by atoms with van der Waals surface area (Å²) in [5.41, 5.74) is 0.0841. The largest absolute Gasteiger partial charge is 0.466 e. The van der Waals surface area contributed by atoms with E-state index in [1.165, 1.54) is 17.4 Å². The minimum atomic E-state index is -0.837. The molecule has 0 saturated heterocycles. The number of anilines is 1. The zero-order chi connectivity index (χ0) is 18.4. The van der Waals surface area contributed by atoms with Crippen LogP contribution in [0.1, 0.15) is 19.5 Å². The minimum Gasteiger partial charge on any atom is -0.466 e. The third-order valence-electron chi connectivity index (χ3n) is 3.02. The fourth-order valence-electron chi connectivity index (χ4n) is 1.83. The molecule has 5 nitrogen and oxygen atoms in total. The van der Waals surface area contributed by atoms with Crippen molar-refractivity contribution in [3.05, 3.63) is 40.9 Å². The maximum absolute atomic E-state index is 13.6. The molecule has 1 heterocycles. The number of carbonyl (C=O) groups is 2. The van der Waals surface area contributed by atoms with Gasteiger partial charge in [-0.3, -0.25) is 9.59 Å². The lowest BCUT2D eigenvalue weighted by molar-refractivity contribution is -0.142. The van der Waals surface area contributed by atoms with Crippen molar-refractivity contribution in [3.63, 3.8) is 0 Å². The maximum Gasteiger partial charge on any atom is 0.311 e. The molecule has 0 unspecified atom stereocenters. The number of ether oxygens (including phenoxy) is 1. The molecule has 0 aliphatic heterocycles. The molecule has 1 aromatic heterocycles. The Bertz CT molecular complexity index is 747. The number of para-hydroxylation sites is 1. The van der Waals surface area contributed by atoms with Crippen LogP contribution in [0.25, 0.3) is 0 Å². The van der Waals surface area contributed by atoms with Crippen molar-refractivity contribution in [1.29, 1.82) is 0 Å². The van der Waals surface area contributed by atoms with E-state index in [0.29, 0.717) is 16.6 Å². The van der Waals surface area contributed by atoms with Crippen LogP contribution in [0.5, 0.6) is 0 Å². The van der Waals surface area contributed by atoms with E-state index >= 15 is 0 Å². The Morgan fingerprint density at radius 1 is 1.36 bits per heavy atom. The van der Waals surface area contributed by atoms with Gasteiger partial charge in [-0.1, -0.05) is 17.8 Å². The Balaban J connectivity index is 1.95. The van der Waals surface area contributed by atoms with Gasteiger partial charge in [0.2, 0.25) is 5.91 Å². The molecular weight excluding hydrogens is 370 g/mol. The average molecular weight is 386 g/mol. The highest BCUT2D eigenvalue weighted by Crippen LogP contribution is 2.28. The number of amides is 1. The van der Waals surface area contributed by atoms with E-state index in [-0.39, 0.29) is 12.4 Å². The zero-order valence-electron chi connectivity index (χ0n) is 13.5. The molecule has 2 rings (SSSR count). The van der Waals surface area contributed by atoms with Gasteiger partial charge in [0, 0.05) is 5.38 Å². The predicted octanol–water partition coefficient (Wildman–Crippen LogP) is 3.65. The number of rotatable bonds is 7. The lowest BCUT2D eigenvalue weighted by atomic mass is 10.3. The third-order valence-corrected chi connectivity index (χ3v) is 5.14. The second kappa shape index (κ2) is 8.91. The summed E-state index contributed by atoms with van der Waals surface area (Å²) in [6.07, 6.45) is 0.0614. The summed E-state index contributed by atoms with van der Waals surface area (Å²) in [5.74, 6) is -2.59. The van der Waals surface area contributed by atoms with Gasteiger partial charge < -0.3 is 10.1 Å². The summed E-state index contributed by atoms with van der Waals surface area (Å²) in [7, 11) is 0. The zero-order valence-corrected chi connectivity index (χ0v) is 15.2. The Morgan fingerprint density at radius 3 is 2.68 bits per heavy atom. The number of halogens is 2. The van der Waals surface area contributed by atoms with Gasteiger partial charge in [-0.25, -0.2) is 13.8 Å². The summed E-state index contributed by atoms with van der Waals surface area (Å²) in [6, 6.07) is 3.36. The van der Waals surface area contributed by atoms with Crippen LogP contribution in [-0.2, 0) is 20.7 Å². The van der Waals surface area contributed by atoms with Crippen molar-refractivity contribution >= 4 is 40.7 Å². The molecule has 9 heteroatoms. The van der Waals surface area contributed by atoms with Crippen LogP contribution in [0.4, 0.5) is 14.5 Å².